The zero-order valence-electron chi connectivity index (χ0n) is 12.6. The maximum Gasteiger partial charge on any atom is 0.128 e. The van der Waals surface area contributed by atoms with Crippen molar-refractivity contribution in [2.24, 2.45) is 11.5 Å². The summed E-state index contributed by atoms with van der Waals surface area (Å²) in [5.74, 6) is -0.190. The number of fused-ring (bicyclic) bond motifs is 1. The normalized spacial score (nSPS) is 12.7. The summed E-state index contributed by atoms with van der Waals surface area (Å²) in [4.78, 5) is 0. The molecule has 0 aliphatic carbocycles. The molecule has 0 amide bonds. The van der Waals surface area contributed by atoms with Gasteiger partial charge in [-0.2, -0.15) is 0 Å². The van der Waals surface area contributed by atoms with Crippen LogP contribution in [-0.4, -0.2) is 11.1 Å². The zero-order chi connectivity index (χ0) is 15.7. The largest absolute Gasteiger partial charge is 0.340 e. The first-order chi connectivity index (χ1) is 10.6. The lowest BCUT2D eigenvalue weighted by Crippen LogP contribution is -2.21. The van der Waals surface area contributed by atoms with Crippen molar-refractivity contribution in [2.75, 3.05) is 6.54 Å². The maximum atomic E-state index is 14.0. The maximum absolute atomic E-state index is 14.0. The van der Waals surface area contributed by atoms with Gasteiger partial charge in [-0.05, 0) is 24.6 Å². The van der Waals surface area contributed by atoms with Crippen molar-refractivity contribution < 1.29 is 4.39 Å². The third-order valence-corrected chi connectivity index (χ3v) is 4.19. The van der Waals surface area contributed by atoms with Gasteiger partial charge in [0.1, 0.15) is 5.82 Å². The lowest BCUT2D eigenvalue weighted by atomic mass is 10.0. The highest BCUT2D eigenvalue weighted by Crippen LogP contribution is 2.30. The number of benzene rings is 2. The van der Waals surface area contributed by atoms with E-state index >= 15 is 0 Å². The molecule has 0 saturated carbocycles. The summed E-state index contributed by atoms with van der Waals surface area (Å²) in [5, 5.41) is 1.09. The van der Waals surface area contributed by atoms with Crippen LogP contribution in [-0.2, 0) is 6.54 Å². The highest BCUT2D eigenvalue weighted by molar-refractivity contribution is 5.86. The van der Waals surface area contributed by atoms with Gasteiger partial charge in [0.2, 0.25) is 0 Å². The molecule has 3 aromatic rings. The number of nitrogens with two attached hydrogens (primary N) is 2. The second-order valence-electron chi connectivity index (χ2n) is 5.54. The molecule has 0 fully saturated rings. The molecule has 3 nitrogen and oxygen atoms in total. The van der Waals surface area contributed by atoms with Crippen molar-refractivity contribution in [2.45, 2.75) is 19.5 Å². The molecular formula is C18H20FN3. The lowest BCUT2D eigenvalue weighted by molar-refractivity contribution is 0.599. The van der Waals surface area contributed by atoms with Crippen molar-refractivity contribution in [1.29, 1.82) is 0 Å². The van der Waals surface area contributed by atoms with Crippen molar-refractivity contribution in [3.05, 3.63) is 71.2 Å². The number of nitrogens with zero attached hydrogens (tertiary/aromatic N) is 1. The van der Waals surface area contributed by atoms with Crippen LogP contribution in [0.4, 0.5) is 4.39 Å². The Morgan fingerprint density at radius 2 is 1.77 bits per heavy atom. The van der Waals surface area contributed by atoms with Gasteiger partial charge in [-0.3, -0.25) is 0 Å². The number of aromatic nitrogens is 1. The molecule has 4 heteroatoms. The summed E-state index contributed by atoms with van der Waals surface area (Å²) >= 11 is 0. The molecule has 0 bridgehead atoms. The molecule has 0 saturated heterocycles. The van der Waals surface area contributed by atoms with E-state index in [0.29, 0.717) is 18.7 Å². The van der Waals surface area contributed by atoms with Crippen LogP contribution in [0.2, 0.25) is 0 Å². The van der Waals surface area contributed by atoms with E-state index in [0.717, 1.165) is 22.2 Å². The predicted octanol–water partition coefficient (Wildman–Crippen LogP) is 3.10. The Balaban J connectivity index is 2.18. The second-order valence-corrected chi connectivity index (χ2v) is 5.54. The highest BCUT2D eigenvalue weighted by atomic mass is 19.1. The fourth-order valence-corrected chi connectivity index (χ4v) is 3.04. The zero-order valence-corrected chi connectivity index (χ0v) is 12.6. The lowest BCUT2D eigenvalue weighted by Gasteiger charge is -2.12. The number of hydrogen-bond acceptors (Lipinski definition) is 2. The molecule has 22 heavy (non-hydrogen) atoms. The number of para-hydroxylation sites is 1. The molecule has 0 aliphatic heterocycles. The van der Waals surface area contributed by atoms with Crippen molar-refractivity contribution in [3.8, 4) is 0 Å². The first-order valence-electron chi connectivity index (χ1n) is 7.40. The Kier molecular flexibility index (Phi) is 3.96. The van der Waals surface area contributed by atoms with Gasteiger partial charge in [0, 0.05) is 34.7 Å². The Bertz CT molecular complexity index is 807. The van der Waals surface area contributed by atoms with Crippen LogP contribution in [0.5, 0.6) is 0 Å². The standard InChI is InChI=1S/C18H20FN3/c1-12-18(16(21)10-20)14-7-3-5-9-17(14)22(12)11-13-6-2-4-8-15(13)19/h2-9,16H,10-11,20-21H2,1H3. The van der Waals surface area contributed by atoms with E-state index in [1.54, 1.807) is 6.07 Å². The van der Waals surface area contributed by atoms with E-state index in [1.807, 2.05) is 43.3 Å². The van der Waals surface area contributed by atoms with Crippen LogP contribution in [0.3, 0.4) is 0 Å². The van der Waals surface area contributed by atoms with Gasteiger partial charge in [0.25, 0.3) is 0 Å². The van der Waals surface area contributed by atoms with E-state index in [4.69, 9.17) is 11.5 Å². The molecule has 0 spiro atoms. The van der Waals surface area contributed by atoms with E-state index in [-0.39, 0.29) is 11.9 Å². The Labute approximate surface area is 129 Å². The van der Waals surface area contributed by atoms with Gasteiger partial charge in [0.05, 0.1) is 6.54 Å². The number of rotatable bonds is 4. The Morgan fingerprint density at radius 1 is 1.09 bits per heavy atom. The monoisotopic (exact) mass is 297 g/mol. The quantitative estimate of drug-likeness (QED) is 0.777. The fourth-order valence-electron chi connectivity index (χ4n) is 3.04. The van der Waals surface area contributed by atoms with Gasteiger partial charge in [-0.1, -0.05) is 36.4 Å². The van der Waals surface area contributed by atoms with Crippen LogP contribution >= 0.6 is 0 Å². The summed E-state index contributed by atoms with van der Waals surface area (Å²) in [6.45, 7) is 2.89. The molecule has 3 rings (SSSR count). The molecule has 1 heterocycles. The van der Waals surface area contributed by atoms with E-state index in [1.165, 1.54) is 6.07 Å². The molecule has 2 aromatic carbocycles. The molecule has 4 N–H and O–H groups in total. The van der Waals surface area contributed by atoms with E-state index in [9.17, 15) is 4.39 Å². The Hall–Kier alpha value is -2.17. The Morgan fingerprint density at radius 3 is 2.50 bits per heavy atom. The van der Waals surface area contributed by atoms with Crippen LogP contribution < -0.4 is 11.5 Å². The highest BCUT2D eigenvalue weighted by Gasteiger charge is 2.18. The SMILES string of the molecule is Cc1c(C(N)CN)c2ccccc2n1Cc1ccccc1F. The number of halogens is 1. The van der Waals surface area contributed by atoms with Gasteiger partial charge < -0.3 is 16.0 Å². The van der Waals surface area contributed by atoms with Crippen LogP contribution in [0.15, 0.2) is 48.5 Å². The van der Waals surface area contributed by atoms with Gasteiger partial charge in [-0.25, -0.2) is 4.39 Å². The van der Waals surface area contributed by atoms with Gasteiger partial charge >= 0.3 is 0 Å². The fraction of sp³-hybridized carbons (Fsp3) is 0.222. The summed E-state index contributed by atoms with van der Waals surface area (Å²) in [6.07, 6.45) is 0. The third kappa shape index (κ3) is 2.40. The van der Waals surface area contributed by atoms with Crippen molar-refractivity contribution >= 4 is 10.9 Å². The van der Waals surface area contributed by atoms with E-state index < -0.39 is 0 Å². The molecule has 114 valence electrons. The minimum atomic E-state index is -0.216. The number of hydrogen-bond donors (Lipinski definition) is 2. The van der Waals surface area contributed by atoms with Crippen LogP contribution in [0, 0.1) is 12.7 Å². The summed E-state index contributed by atoms with van der Waals surface area (Å²) in [5.41, 5.74) is 15.8. The average molecular weight is 297 g/mol. The molecule has 1 aromatic heterocycles. The summed E-state index contributed by atoms with van der Waals surface area (Å²) in [7, 11) is 0. The van der Waals surface area contributed by atoms with E-state index in [2.05, 4.69) is 4.57 Å². The van der Waals surface area contributed by atoms with Gasteiger partial charge in [-0.15, -0.1) is 0 Å². The smallest absolute Gasteiger partial charge is 0.128 e. The van der Waals surface area contributed by atoms with Crippen LogP contribution in [0.1, 0.15) is 22.9 Å². The predicted molar refractivity (Wildman–Crippen MR) is 88.2 cm³/mol. The molecule has 1 atom stereocenters. The molecule has 0 radical (unpaired) electrons. The molecular weight excluding hydrogens is 277 g/mol. The summed E-state index contributed by atoms with van der Waals surface area (Å²) in [6, 6.07) is 14.7. The van der Waals surface area contributed by atoms with Crippen LogP contribution in [0.25, 0.3) is 10.9 Å². The first-order valence-corrected chi connectivity index (χ1v) is 7.40. The van der Waals surface area contributed by atoms with Gasteiger partial charge in [0.15, 0.2) is 0 Å². The van der Waals surface area contributed by atoms with Crippen molar-refractivity contribution in [3.63, 3.8) is 0 Å². The first kappa shape index (κ1) is 14.8. The molecule has 1 unspecified atom stereocenters. The average Bonchev–Trinajstić information content (AvgIpc) is 2.81. The molecule has 0 aliphatic rings. The van der Waals surface area contributed by atoms with Crippen molar-refractivity contribution in [1.82, 2.24) is 4.57 Å². The third-order valence-electron chi connectivity index (χ3n) is 4.19. The topological polar surface area (TPSA) is 57.0 Å². The minimum absolute atomic E-state index is 0.190. The summed E-state index contributed by atoms with van der Waals surface area (Å²) < 4.78 is 16.1. The minimum Gasteiger partial charge on any atom is -0.340 e. The second kappa shape index (κ2) is 5.91.